The number of carbonyl (C=O) groups is 2. The Labute approximate surface area is 116 Å². The second kappa shape index (κ2) is 6.91. The van der Waals surface area contributed by atoms with Gasteiger partial charge in [0, 0.05) is 11.5 Å². The van der Waals surface area contributed by atoms with Crippen molar-refractivity contribution in [2.24, 2.45) is 5.92 Å². The minimum Gasteiger partial charge on any atom is -0.480 e. The van der Waals surface area contributed by atoms with E-state index >= 15 is 0 Å². The first-order valence-corrected chi connectivity index (χ1v) is 5.91. The Hall–Kier alpha value is -2.86. The summed E-state index contributed by atoms with van der Waals surface area (Å²) in [7, 11) is 0. The fourth-order valence-corrected chi connectivity index (χ4v) is 1.57. The van der Waals surface area contributed by atoms with Gasteiger partial charge in [-0.25, -0.2) is 4.79 Å². The zero-order valence-electron chi connectivity index (χ0n) is 10.8. The maximum absolute atomic E-state index is 11.9. The zero-order chi connectivity index (χ0) is 15.1. The normalized spacial score (nSPS) is 12.6. The number of nitrogens with zero attached hydrogens (tertiary/aromatic N) is 2. The van der Waals surface area contributed by atoms with Gasteiger partial charge in [0.25, 0.3) is 5.91 Å². The number of rotatable bonds is 5. The number of carbonyl (C=O) groups excluding carboxylic acids is 1. The summed E-state index contributed by atoms with van der Waals surface area (Å²) in [5, 5.41) is 28.7. The first-order chi connectivity index (χ1) is 9.47. The van der Waals surface area contributed by atoms with Crippen molar-refractivity contribution in [3.05, 3.63) is 35.4 Å². The molecule has 0 spiro atoms. The standard InChI is InChI=1S/C14H13N3O3/c1-9(7-15)6-12(14(19)20)17-13(18)11-4-2-10(8-16)3-5-11/h2-5,9,12H,6H2,1H3,(H,17,18)(H,19,20)/t9-,12-/m0/s1. The Morgan fingerprint density at radius 1 is 1.30 bits per heavy atom. The van der Waals surface area contributed by atoms with Gasteiger partial charge in [0.15, 0.2) is 0 Å². The Kier molecular flexibility index (Phi) is 5.25. The Morgan fingerprint density at radius 3 is 2.35 bits per heavy atom. The molecule has 0 aliphatic rings. The summed E-state index contributed by atoms with van der Waals surface area (Å²) in [4.78, 5) is 22.9. The van der Waals surface area contributed by atoms with E-state index in [1.54, 1.807) is 6.92 Å². The number of carboxylic acid groups (broad SMARTS) is 1. The third kappa shape index (κ3) is 4.11. The van der Waals surface area contributed by atoms with E-state index in [2.05, 4.69) is 5.32 Å². The molecule has 1 aromatic carbocycles. The van der Waals surface area contributed by atoms with Gasteiger partial charge in [-0.05, 0) is 37.6 Å². The average molecular weight is 271 g/mol. The Morgan fingerprint density at radius 2 is 1.90 bits per heavy atom. The highest BCUT2D eigenvalue weighted by Crippen LogP contribution is 2.08. The molecule has 0 bridgehead atoms. The molecule has 0 saturated carbocycles. The van der Waals surface area contributed by atoms with E-state index in [0.717, 1.165) is 0 Å². The molecule has 20 heavy (non-hydrogen) atoms. The number of nitriles is 2. The molecule has 2 atom stereocenters. The molecule has 6 nitrogen and oxygen atoms in total. The van der Waals surface area contributed by atoms with Gasteiger partial charge in [-0.3, -0.25) is 4.79 Å². The summed E-state index contributed by atoms with van der Waals surface area (Å²) in [6.07, 6.45) is 0.0356. The lowest BCUT2D eigenvalue weighted by Gasteiger charge is -2.15. The zero-order valence-corrected chi connectivity index (χ0v) is 10.8. The van der Waals surface area contributed by atoms with E-state index in [4.69, 9.17) is 15.6 Å². The van der Waals surface area contributed by atoms with Gasteiger partial charge in [0.2, 0.25) is 0 Å². The van der Waals surface area contributed by atoms with Crippen LogP contribution >= 0.6 is 0 Å². The van der Waals surface area contributed by atoms with Crippen LogP contribution in [0.25, 0.3) is 0 Å². The van der Waals surface area contributed by atoms with E-state index in [1.165, 1.54) is 24.3 Å². The molecular weight excluding hydrogens is 258 g/mol. The van der Waals surface area contributed by atoms with Crippen LogP contribution in [0.1, 0.15) is 29.3 Å². The van der Waals surface area contributed by atoms with Gasteiger partial charge in [-0.2, -0.15) is 10.5 Å². The number of aliphatic carboxylic acids is 1. The molecule has 0 aliphatic carbocycles. The van der Waals surface area contributed by atoms with Crippen molar-refractivity contribution in [2.75, 3.05) is 0 Å². The van der Waals surface area contributed by atoms with E-state index in [-0.39, 0.29) is 12.0 Å². The highest BCUT2D eigenvalue weighted by molar-refractivity contribution is 5.96. The summed E-state index contributed by atoms with van der Waals surface area (Å²) < 4.78 is 0. The van der Waals surface area contributed by atoms with Crippen molar-refractivity contribution in [1.82, 2.24) is 5.32 Å². The second-order valence-corrected chi connectivity index (χ2v) is 4.32. The molecule has 1 amide bonds. The number of hydrogen-bond donors (Lipinski definition) is 2. The van der Waals surface area contributed by atoms with E-state index in [9.17, 15) is 9.59 Å². The smallest absolute Gasteiger partial charge is 0.326 e. The third-order valence-electron chi connectivity index (χ3n) is 2.69. The van der Waals surface area contributed by atoms with Crippen molar-refractivity contribution >= 4 is 11.9 Å². The van der Waals surface area contributed by atoms with Crippen LogP contribution in [0, 0.1) is 28.6 Å². The predicted molar refractivity (Wildman–Crippen MR) is 69.4 cm³/mol. The van der Waals surface area contributed by atoms with Crippen molar-refractivity contribution in [3.8, 4) is 12.1 Å². The molecule has 1 aromatic rings. The van der Waals surface area contributed by atoms with Crippen LogP contribution < -0.4 is 5.32 Å². The minimum atomic E-state index is -1.19. The summed E-state index contributed by atoms with van der Waals surface area (Å²) in [5.41, 5.74) is 0.675. The van der Waals surface area contributed by atoms with Crippen LogP contribution in [-0.2, 0) is 4.79 Å². The highest BCUT2D eigenvalue weighted by Gasteiger charge is 2.22. The topological polar surface area (TPSA) is 114 Å². The van der Waals surface area contributed by atoms with Crippen LogP contribution in [0.3, 0.4) is 0 Å². The van der Waals surface area contributed by atoms with Gasteiger partial charge >= 0.3 is 5.97 Å². The molecule has 1 rings (SSSR count). The van der Waals surface area contributed by atoms with E-state index < -0.39 is 23.8 Å². The molecule has 2 N–H and O–H groups in total. The lowest BCUT2D eigenvalue weighted by molar-refractivity contribution is -0.139. The maximum atomic E-state index is 11.9. The first kappa shape index (κ1) is 15.2. The molecule has 0 aliphatic heterocycles. The van der Waals surface area contributed by atoms with Crippen molar-refractivity contribution in [2.45, 2.75) is 19.4 Å². The monoisotopic (exact) mass is 271 g/mol. The lowest BCUT2D eigenvalue weighted by Crippen LogP contribution is -2.41. The number of benzene rings is 1. The highest BCUT2D eigenvalue weighted by atomic mass is 16.4. The molecule has 0 aromatic heterocycles. The SMILES string of the molecule is C[C@H](C#N)C[C@H](NC(=O)c1ccc(C#N)cc1)C(=O)O. The van der Waals surface area contributed by atoms with Gasteiger partial charge < -0.3 is 10.4 Å². The van der Waals surface area contributed by atoms with Gasteiger partial charge in [-0.15, -0.1) is 0 Å². The quantitative estimate of drug-likeness (QED) is 0.837. The summed E-state index contributed by atoms with van der Waals surface area (Å²) in [6.45, 7) is 1.59. The largest absolute Gasteiger partial charge is 0.480 e. The average Bonchev–Trinajstić information content (AvgIpc) is 2.46. The Bertz CT molecular complexity index is 581. The minimum absolute atomic E-state index is 0.0356. The van der Waals surface area contributed by atoms with Crippen LogP contribution in [0.2, 0.25) is 0 Å². The van der Waals surface area contributed by atoms with Gasteiger partial charge in [0.1, 0.15) is 6.04 Å². The van der Waals surface area contributed by atoms with Crippen molar-refractivity contribution in [3.63, 3.8) is 0 Å². The molecule has 0 fully saturated rings. The van der Waals surface area contributed by atoms with E-state index in [1.807, 2.05) is 12.1 Å². The van der Waals surface area contributed by atoms with Crippen LogP contribution in [0.5, 0.6) is 0 Å². The molecule has 0 unspecified atom stereocenters. The fourth-order valence-electron chi connectivity index (χ4n) is 1.57. The molecule has 102 valence electrons. The van der Waals surface area contributed by atoms with Crippen molar-refractivity contribution < 1.29 is 14.7 Å². The molecule has 0 heterocycles. The maximum Gasteiger partial charge on any atom is 0.326 e. The summed E-state index contributed by atoms with van der Waals surface area (Å²) in [5.74, 6) is -2.21. The van der Waals surface area contributed by atoms with E-state index in [0.29, 0.717) is 5.56 Å². The summed E-state index contributed by atoms with van der Waals surface area (Å²) >= 11 is 0. The third-order valence-corrected chi connectivity index (χ3v) is 2.69. The van der Waals surface area contributed by atoms with Crippen LogP contribution in [0.4, 0.5) is 0 Å². The number of carboxylic acids is 1. The van der Waals surface area contributed by atoms with Crippen LogP contribution in [0.15, 0.2) is 24.3 Å². The summed E-state index contributed by atoms with van der Waals surface area (Å²) in [6, 6.07) is 8.57. The van der Waals surface area contributed by atoms with Crippen molar-refractivity contribution in [1.29, 1.82) is 10.5 Å². The predicted octanol–water partition coefficient (Wildman–Crippen LogP) is 1.29. The Balaban J connectivity index is 2.78. The second-order valence-electron chi connectivity index (χ2n) is 4.32. The van der Waals surface area contributed by atoms with Crippen LogP contribution in [-0.4, -0.2) is 23.0 Å². The fraction of sp³-hybridized carbons (Fsp3) is 0.286. The van der Waals surface area contributed by atoms with Gasteiger partial charge in [-0.1, -0.05) is 0 Å². The molecule has 0 saturated heterocycles. The lowest BCUT2D eigenvalue weighted by atomic mass is 10.0. The number of nitrogens with one attached hydrogen (secondary N) is 1. The molecule has 0 radical (unpaired) electrons. The number of amides is 1. The molecular formula is C14H13N3O3. The first-order valence-electron chi connectivity index (χ1n) is 5.91. The van der Waals surface area contributed by atoms with Gasteiger partial charge in [0.05, 0.1) is 17.7 Å². The number of hydrogen-bond acceptors (Lipinski definition) is 4. The molecule has 6 heteroatoms.